The first kappa shape index (κ1) is 13.6. The largest absolute Gasteiger partial charge is 0.478 e. The lowest BCUT2D eigenvalue weighted by Gasteiger charge is -2.08. The first-order valence-electron chi connectivity index (χ1n) is 5.90. The maximum absolute atomic E-state index is 10.9. The summed E-state index contributed by atoms with van der Waals surface area (Å²) < 4.78 is 5.56. The van der Waals surface area contributed by atoms with Crippen LogP contribution in [0.2, 0.25) is 0 Å². The van der Waals surface area contributed by atoms with Gasteiger partial charge < -0.3 is 9.84 Å². The molecule has 0 radical (unpaired) electrons. The number of hydrogen-bond donors (Lipinski definition) is 1. The summed E-state index contributed by atoms with van der Waals surface area (Å²) in [5, 5.41) is 17.9. The van der Waals surface area contributed by atoms with Gasteiger partial charge in [-0.1, -0.05) is 0 Å². The standard InChI is InChI=1S/C15H12N2O3/c1-9-5-12(3-4-13(9)15(18)19)20-14-7-11(8-16)6-10(2)17-14/h3-7H,1-2H3,(H,18,19). The highest BCUT2D eigenvalue weighted by atomic mass is 16.5. The third-order valence-corrected chi connectivity index (χ3v) is 2.71. The van der Waals surface area contributed by atoms with Crippen LogP contribution < -0.4 is 4.74 Å². The van der Waals surface area contributed by atoms with Crippen LogP contribution in [0.5, 0.6) is 11.6 Å². The Hall–Kier alpha value is -2.87. The van der Waals surface area contributed by atoms with Gasteiger partial charge in [0.25, 0.3) is 0 Å². The molecule has 0 saturated carbocycles. The number of nitriles is 1. The number of aryl methyl sites for hydroxylation is 2. The topological polar surface area (TPSA) is 83.2 Å². The van der Waals surface area contributed by atoms with Crippen molar-refractivity contribution in [3.05, 3.63) is 52.7 Å². The molecule has 20 heavy (non-hydrogen) atoms. The smallest absolute Gasteiger partial charge is 0.335 e. The van der Waals surface area contributed by atoms with Crippen LogP contribution in [0.4, 0.5) is 0 Å². The molecule has 5 heteroatoms. The highest BCUT2D eigenvalue weighted by Gasteiger charge is 2.09. The summed E-state index contributed by atoms with van der Waals surface area (Å²) in [6, 6.07) is 9.89. The van der Waals surface area contributed by atoms with E-state index in [9.17, 15) is 4.79 Å². The van der Waals surface area contributed by atoms with Gasteiger partial charge in [0.05, 0.1) is 17.2 Å². The van der Waals surface area contributed by atoms with E-state index in [0.29, 0.717) is 28.5 Å². The number of ether oxygens (including phenoxy) is 1. The molecule has 0 amide bonds. The van der Waals surface area contributed by atoms with Crippen LogP contribution in [0.15, 0.2) is 30.3 Å². The molecule has 1 heterocycles. The molecular weight excluding hydrogens is 256 g/mol. The van der Waals surface area contributed by atoms with Crippen molar-refractivity contribution in [3.8, 4) is 17.7 Å². The van der Waals surface area contributed by atoms with Gasteiger partial charge in [-0.25, -0.2) is 9.78 Å². The van der Waals surface area contributed by atoms with E-state index >= 15 is 0 Å². The Morgan fingerprint density at radius 3 is 2.65 bits per heavy atom. The van der Waals surface area contributed by atoms with Crippen LogP contribution in [0.1, 0.15) is 27.2 Å². The summed E-state index contributed by atoms with van der Waals surface area (Å²) in [5.74, 6) is -0.187. The van der Waals surface area contributed by atoms with Crippen molar-refractivity contribution in [1.82, 2.24) is 4.98 Å². The summed E-state index contributed by atoms with van der Waals surface area (Å²) in [7, 11) is 0. The second-order valence-electron chi connectivity index (χ2n) is 4.33. The van der Waals surface area contributed by atoms with E-state index in [1.807, 2.05) is 6.07 Å². The van der Waals surface area contributed by atoms with Crippen LogP contribution in [0, 0.1) is 25.2 Å². The zero-order valence-electron chi connectivity index (χ0n) is 11.0. The molecule has 1 aromatic heterocycles. The molecule has 5 nitrogen and oxygen atoms in total. The zero-order chi connectivity index (χ0) is 14.7. The van der Waals surface area contributed by atoms with Crippen molar-refractivity contribution in [2.45, 2.75) is 13.8 Å². The van der Waals surface area contributed by atoms with Crippen molar-refractivity contribution in [3.63, 3.8) is 0 Å². The highest BCUT2D eigenvalue weighted by molar-refractivity contribution is 5.89. The van der Waals surface area contributed by atoms with Crippen LogP contribution >= 0.6 is 0 Å². The van der Waals surface area contributed by atoms with E-state index in [2.05, 4.69) is 4.98 Å². The summed E-state index contributed by atoms with van der Waals surface area (Å²) in [6.45, 7) is 3.47. The average Bonchev–Trinajstić information content (AvgIpc) is 2.37. The molecular formula is C15H12N2O3. The Bertz CT molecular complexity index is 718. The van der Waals surface area contributed by atoms with Gasteiger partial charge in [-0.15, -0.1) is 0 Å². The minimum atomic E-state index is -0.977. The Labute approximate surface area is 116 Å². The number of carboxylic acids is 1. The molecule has 0 aliphatic carbocycles. The molecule has 2 aromatic rings. The Morgan fingerprint density at radius 1 is 1.30 bits per heavy atom. The molecule has 100 valence electrons. The number of nitrogens with zero attached hydrogens (tertiary/aromatic N) is 2. The molecule has 0 aliphatic rings. The zero-order valence-corrected chi connectivity index (χ0v) is 11.0. The van der Waals surface area contributed by atoms with Crippen LogP contribution in [0.3, 0.4) is 0 Å². The summed E-state index contributed by atoms with van der Waals surface area (Å²) in [5.41, 5.74) is 1.97. The highest BCUT2D eigenvalue weighted by Crippen LogP contribution is 2.23. The van der Waals surface area contributed by atoms with Crippen LogP contribution in [-0.4, -0.2) is 16.1 Å². The van der Waals surface area contributed by atoms with Gasteiger partial charge in [0.1, 0.15) is 5.75 Å². The molecule has 0 unspecified atom stereocenters. The minimum absolute atomic E-state index is 0.229. The van der Waals surface area contributed by atoms with Gasteiger partial charge in [-0.2, -0.15) is 5.26 Å². The molecule has 0 fully saturated rings. The number of carbonyl (C=O) groups is 1. The van der Waals surface area contributed by atoms with Crippen molar-refractivity contribution in [1.29, 1.82) is 5.26 Å². The van der Waals surface area contributed by atoms with Gasteiger partial charge in [0, 0.05) is 11.8 Å². The van der Waals surface area contributed by atoms with Gasteiger partial charge in [-0.3, -0.25) is 0 Å². The van der Waals surface area contributed by atoms with Crippen molar-refractivity contribution >= 4 is 5.97 Å². The minimum Gasteiger partial charge on any atom is -0.478 e. The lowest BCUT2D eigenvalue weighted by molar-refractivity contribution is 0.0696. The number of aromatic nitrogens is 1. The SMILES string of the molecule is Cc1cc(C#N)cc(Oc2ccc(C(=O)O)c(C)c2)n1. The molecule has 0 spiro atoms. The normalized spacial score (nSPS) is 9.85. The number of hydrogen-bond acceptors (Lipinski definition) is 4. The quantitative estimate of drug-likeness (QED) is 0.924. The fraction of sp³-hybridized carbons (Fsp3) is 0.133. The van der Waals surface area contributed by atoms with Crippen molar-refractivity contribution in [2.24, 2.45) is 0 Å². The Kier molecular flexibility index (Phi) is 3.67. The van der Waals surface area contributed by atoms with Crippen LogP contribution in [0.25, 0.3) is 0 Å². The molecule has 1 aromatic carbocycles. The first-order valence-corrected chi connectivity index (χ1v) is 5.90. The van der Waals surface area contributed by atoms with Crippen molar-refractivity contribution in [2.75, 3.05) is 0 Å². The van der Waals surface area contributed by atoms with E-state index in [1.54, 1.807) is 32.0 Å². The number of benzene rings is 1. The third-order valence-electron chi connectivity index (χ3n) is 2.71. The lowest BCUT2D eigenvalue weighted by atomic mass is 10.1. The fourth-order valence-electron chi connectivity index (χ4n) is 1.82. The monoisotopic (exact) mass is 268 g/mol. The van der Waals surface area contributed by atoms with E-state index < -0.39 is 5.97 Å². The maximum Gasteiger partial charge on any atom is 0.335 e. The van der Waals surface area contributed by atoms with Gasteiger partial charge in [-0.05, 0) is 43.7 Å². The average molecular weight is 268 g/mol. The number of pyridine rings is 1. The molecule has 2 rings (SSSR count). The summed E-state index contributed by atoms with van der Waals surface area (Å²) in [4.78, 5) is 15.1. The predicted molar refractivity (Wildman–Crippen MR) is 71.9 cm³/mol. The number of carboxylic acid groups (broad SMARTS) is 1. The first-order chi connectivity index (χ1) is 9.49. The molecule has 0 atom stereocenters. The number of aromatic carboxylic acids is 1. The van der Waals surface area contributed by atoms with Crippen LogP contribution in [-0.2, 0) is 0 Å². The molecule has 0 bridgehead atoms. The van der Waals surface area contributed by atoms with Crippen molar-refractivity contribution < 1.29 is 14.6 Å². The Morgan fingerprint density at radius 2 is 2.05 bits per heavy atom. The molecule has 0 saturated heterocycles. The van der Waals surface area contributed by atoms with Gasteiger partial charge in [0.15, 0.2) is 0 Å². The van der Waals surface area contributed by atoms with Gasteiger partial charge >= 0.3 is 5.97 Å². The van der Waals surface area contributed by atoms with E-state index in [4.69, 9.17) is 15.1 Å². The Balaban J connectivity index is 2.31. The fourth-order valence-corrected chi connectivity index (χ4v) is 1.82. The predicted octanol–water partition coefficient (Wildman–Crippen LogP) is 3.06. The second kappa shape index (κ2) is 5.41. The summed E-state index contributed by atoms with van der Waals surface area (Å²) >= 11 is 0. The number of rotatable bonds is 3. The molecule has 0 aliphatic heterocycles. The van der Waals surface area contributed by atoms with E-state index in [1.165, 1.54) is 12.1 Å². The van der Waals surface area contributed by atoms with Gasteiger partial charge in [0.2, 0.25) is 5.88 Å². The molecule has 1 N–H and O–H groups in total. The van der Waals surface area contributed by atoms with E-state index in [-0.39, 0.29) is 5.56 Å². The van der Waals surface area contributed by atoms with E-state index in [0.717, 1.165) is 0 Å². The lowest BCUT2D eigenvalue weighted by Crippen LogP contribution is -2.00. The summed E-state index contributed by atoms with van der Waals surface area (Å²) in [6.07, 6.45) is 0. The maximum atomic E-state index is 10.9. The third kappa shape index (κ3) is 2.93. The second-order valence-corrected chi connectivity index (χ2v) is 4.33.